The van der Waals surface area contributed by atoms with Gasteiger partial charge >= 0.3 is 0 Å². The van der Waals surface area contributed by atoms with Crippen LogP contribution < -0.4 is 5.73 Å². The molecule has 2 nitrogen and oxygen atoms in total. The Hall–Kier alpha value is -0.150. The molecule has 0 aromatic heterocycles. The Balaban J connectivity index is 2.23. The van der Waals surface area contributed by atoms with Crippen LogP contribution in [-0.2, 0) is 0 Å². The SMILES string of the molecule is CC(F)CN1CCCC(N)C1. The van der Waals surface area contributed by atoms with E-state index in [1.165, 1.54) is 0 Å². The molecule has 1 aliphatic rings. The summed E-state index contributed by atoms with van der Waals surface area (Å²) in [5, 5.41) is 0. The average molecular weight is 160 g/mol. The zero-order chi connectivity index (χ0) is 8.27. The summed E-state index contributed by atoms with van der Waals surface area (Å²) in [5.41, 5.74) is 5.74. The lowest BCUT2D eigenvalue weighted by Crippen LogP contribution is -2.44. The predicted octanol–water partition coefficient (Wildman–Crippen LogP) is 0.768. The number of alkyl halides is 1. The number of piperidine rings is 1. The molecule has 11 heavy (non-hydrogen) atoms. The molecular formula is C8H17FN2. The first kappa shape index (κ1) is 8.94. The lowest BCUT2D eigenvalue weighted by Gasteiger charge is -2.30. The van der Waals surface area contributed by atoms with Gasteiger partial charge in [0.15, 0.2) is 0 Å². The highest BCUT2D eigenvalue weighted by Gasteiger charge is 2.17. The van der Waals surface area contributed by atoms with Crippen molar-refractivity contribution in [2.45, 2.75) is 32.0 Å². The summed E-state index contributed by atoms with van der Waals surface area (Å²) < 4.78 is 12.5. The summed E-state index contributed by atoms with van der Waals surface area (Å²) in [7, 11) is 0. The smallest absolute Gasteiger partial charge is 0.110 e. The van der Waals surface area contributed by atoms with Crippen molar-refractivity contribution < 1.29 is 4.39 Å². The number of hydrogen-bond acceptors (Lipinski definition) is 2. The van der Waals surface area contributed by atoms with Gasteiger partial charge in [0, 0.05) is 19.1 Å². The van der Waals surface area contributed by atoms with E-state index in [9.17, 15) is 4.39 Å². The van der Waals surface area contributed by atoms with E-state index in [2.05, 4.69) is 4.90 Å². The third-order valence-corrected chi connectivity index (χ3v) is 2.05. The Bertz CT molecular complexity index is 115. The van der Waals surface area contributed by atoms with Crippen LogP contribution in [0.15, 0.2) is 0 Å². The van der Waals surface area contributed by atoms with Crippen LogP contribution in [0.25, 0.3) is 0 Å². The molecule has 66 valence electrons. The third kappa shape index (κ3) is 3.16. The molecule has 0 saturated carbocycles. The van der Waals surface area contributed by atoms with Crippen molar-refractivity contribution in [3.8, 4) is 0 Å². The van der Waals surface area contributed by atoms with Crippen LogP contribution in [0, 0.1) is 0 Å². The Morgan fingerprint density at radius 2 is 2.45 bits per heavy atom. The minimum absolute atomic E-state index is 0.266. The largest absolute Gasteiger partial charge is 0.327 e. The number of halogens is 1. The Labute approximate surface area is 67.6 Å². The van der Waals surface area contributed by atoms with Gasteiger partial charge in [-0.05, 0) is 26.3 Å². The maximum absolute atomic E-state index is 12.5. The Morgan fingerprint density at radius 1 is 1.73 bits per heavy atom. The molecule has 0 aliphatic carbocycles. The van der Waals surface area contributed by atoms with Crippen LogP contribution in [0.3, 0.4) is 0 Å². The maximum Gasteiger partial charge on any atom is 0.110 e. The van der Waals surface area contributed by atoms with Gasteiger partial charge < -0.3 is 5.73 Å². The number of hydrogen-bond donors (Lipinski definition) is 1. The molecule has 2 unspecified atom stereocenters. The van der Waals surface area contributed by atoms with Crippen LogP contribution in [0.1, 0.15) is 19.8 Å². The average Bonchev–Trinajstić information content (AvgIpc) is 1.85. The van der Waals surface area contributed by atoms with E-state index in [0.29, 0.717) is 6.54 Å². The van der Waals surface area contributed by atoms with Crippen LogP contribution in [0.2, 0.25) is 0 Å². The highest BCUT2D eigenvalue weighted by atomic mass is 19.1. The number of rotatable bonds is 2. The first-order chi connectivity index (χ1) is 5.18. The van der Waals surface area contributed by atoms with E-state index in [1.54, 1.807) is 6.92 Å². The fourth-order valence-corrected chi connectivity index (χ4v) is 1.61. The zero-order valence-electron chi connectivity index (χ0n) is 7.09. The van der Waals surface area contributed by atoms with Crippen LogP contribution in [-0.4, -0.2) is 36.7 Å². The van der Waals surface area contributed by atoms with Gasteiger partial charge in [-0.15, -0.1) is 0 Å². The highest BCUT2D eigenvalue weighted by molar-refractivity contribution is 4.75. The van der Waals surface area contributed by atoms with Crippen molar-refractivity contribution in [2.75, 3.05) is 19.6 Å². The zero-order valence-corrected chi connectivity index (χ0v) is 7.09. The van der Waals surface area contributed by atoms with E-state index >= 15 is 0 Å². The molecule has 1 heterocycles. The van der Waals surface area contributed by atoms with Gasteiger partial charge in [0.1, 0.15) is 6.17 Å². The predicted molar refractivity (Wildman–Crippen MR) is 44.2 cm³/mol. The molecule has 1 aliphatic heterocycles. The minimum Gasteiger partial charge on any atom is -0.327 e. The van der Waals surface area contributed by atoms with E-state index in [1.807, 2.05) is 0 Å². The molecule has 0 amide bonds. The van der Waals surface area contributed by atoms with Crippen molar-refractivity contribution in [2.24, 2.45) is 5.73 Å². The summed E-state index contributed by atoms with van der Waals surface area (Å²) in [6, 6.07) is 0.266. The van der Waals surface area contributed by atoms with Gasteiger partial charge in [0.25, 0.3) is 0 Å². The van der Waals surface area contributed by atoms with Crippen LogP contribution in [0.5, 0.6) is 0 Å². The fraction of sp³-hybridized carbons (Fsp3) is 1.00. The maximum atomic E-state index is 12.5. The molecule has 2 atom stereocenters. The molecule has 0 bridgehead atoms. The van der Waals surface area contributed by atoms with Gasteiger partial charge in [0.2, 0.25) is 0 Å². The topological polar surface area (TPSA) is 29.3 Å². The fourth-order valence-electron chi connectivity index (χ4n) is 1.61. The summed E-state index contributed by atoms with van der Waals surface area (Å²) in [4.78, 5) is 2.11. The second-order valence-electron chi connectivity index (χ2n) is 3.44. The normalized spacial score (nSPS) is 30.3. The molecule has 1 fully saturated rings. The van der Waals surface area contributed by atoms with Gasteiger partial charge in [-0.2, -0.15) is 0 Å². The highest BCUT2D eigenvalue weighted by Crippen LogP contribution is 2.08. The molecule has 0 aromatic rings. The van der Waals surface area contributed by atoms with Gasteiger partial charge in [-0.25, -0.2) is 4.39 Å². The van der Waals surface area contributed by atoms with Crippen molar-refractivity contribution in [1.29, 1.82) is 0 Å². The van der Waals surface area contributed by atoms with Gasteiger partial charge in [0.05, 0.1) is 0 Å². The molecular weight excluding hydrogens is 143 g/mol. The first-order valence-electron chi connectivity index (χ1n) is 4.30. The van der Waals surface area contributed by atoms with Gasteiger partial charge in [-0.3, -0.25) is 4.90 Å². The summed E-state index contributed by atoms with van der Waals surface area (Å²) in [6.45, 7) is 4.03. The summed E-state index contributed by atoms with van der Waals surface area (Å²) in [6.07, 6.45) is 1.49. The third-order valence-electron chi connectivity index (χ3n) is 2.05. The van der Waals surface area contributed by atoms with Gasteiger partial charge in [-0.1, -0.05) is 0 Å². The molecule has 1 saturated heterocycles. The van der Waals surface area contributed by atoms with Crippen molar-refractivity contribution in [3.63, 3.8) is 0 Å². The first-order valence-corrected chi connectivity index (χ1v) is 4.30. The molecule has 3 heteroatoms. The Morgan fingerprint density at radius 3 is 3.00 bits per heavy atom. The number of likely N-dealkylation sites (tertiary alicyclic amines) is 1. The Kier molecular flexibility index (Phi) is 3.27. The standard InChI is InChI=1S/C8H17FN2/c1-7(9)5-11-4-2-3-8(10)6-11/h7-8H,2-6,10H2,1H3. The number of nitrogens with two attached hydrogens (primary N) is 1. The van der Waals surface area contributed by atoms with Crippen LogP contribution >= 0.6 is 0 Å². The summed E-state index contributed by atoms with van der Waals surface area (Å²) >= 11 is 0. The van der Waals surface area contributed by atoms with E-state index in [4.69, 9.17) is 5.73 Å². The van der Waals surface area contributed by atoms with Crippen LogP contribution in [0.4, 0.5) is 4.39 Å². The van der Waals surface area contributed by atoms with Crippen molar-refractivity contribution >= 4 is 0 Å². The lowest BCUT2D eigenvalue weighted by atomic mass is 10.1. The van der Waals surface area contributed by atoms with E-state index in [0.717, 1.165) is 25.9 Å². The van der Waals surface area contributed by atoms with E-state index in [-0.39, 0.29) is 6.04 Å². The molecule has 0 aromatic carbocycles. The molecule has 2 N–H and O–H groups in total. The number of nitrogens with zero attached hydrogens (tertiary/aromatic N) is 1. The van der Waals surface area contributed by atoms with E-state index < -0.39 is 6.17 Å². The summed E-state index contributed by atoms with van der Waals surface area (Å²) in [5.74, 6) is 0. The second-order valence-corrected chi connectivity index (χ2v) is 3.44. The quantitative estimate of drug-likeness (QED) is 0.646. The van der Waals surface area contributed by atoms with Crippen molar-refractivity contribution in [1.82, 2.24) is 4.90 Å². The monoisotopic (exact) mass is 160 g/mol. The molecule has 1 rings (SSSR count). The van der Waals surface area contributed by atoms with Crippen molar-refractivity contribution in [3.05, 3.63) is 0 Å². The minimum atomic E-state index is -0.722. The second kappa shape index (κ2) is 4.02. The molecule has 0 spiro atoms. The lowest BCUT2D eigenvalue weighted by molar-refractivity contribution is 0.163. The molecule has 0 radical (unpaired) electrons.